The summed E-state index contributed by atoms with van der Waals surface area (Å²) in [5.74, 6) is 0. The second-order valence-electron chi connectivity index (χ2n) is 7.46. The summed E-state index contributed by atoms with van der Waals surface area (Å²) >= 11 is 1.76. The summed E-state index contributed by atoms with van der Waals surface area (Å²) < 4.78 is 2.91. The van der Waals surface area contributed by atoms with Crippen molar-refractivity contribution in [3.8, 4) is 0 Å². The lowest BCUT2D eigenvalue weighted by atomic mass is 10.0. The van der Waals surface area contributed by atoms with Crippen LogP contribution in [0.4, 0.5) is 4.79 Å². The van der Waals surface area contributed by atoms with Crippen LogP contribution < -0.4 is 11.2 Å². The number of carbonyl (C=O) groups is 1. The molecule has 1 amide bonds. The monoisotopic (exact) mass is 430 g/mol. The highest BCUT2D eigenvalue weighted by molar-refractivity contribution is 7.09. The molecule has 160 valence electrons. The molecule has 10 heteroatoms. The Hall–Kier alpha value is -2.72. The van der Waals surface area contributed by atoms with Crippen LogP contribution in [0, 0.1) is 0 Å². The van der Waals surface area contributed by atoms with Gasteiger partial charge in [0.1, 0.15) is 0 Å². The molecule has 0 aromatic carbocycles. The molecular weight excluding hydrogens is 404 g/mol. The number of piperidine rings is 1. The Bertz CT molecular complexity index is 1130. The number of likely N-dealkylation sites (tertiary alicyclic amines) is 1. The van der Waals surface area contributed by atoms with Gasteiger partial charge in [-0.15, -0.1) is 11.3 Å². The zero-order valence-corrected chi connectivity index (χ0v) is 18.0. The molecule has 1 aliphatic heterocycles. The van der Waals surface area contributed by atoms with Gasteiger partial charge in [-0.3, -0.25) is 14.7 Å². The zero-order chi connectivity index (χ0) is 21.3. The van der Waals surface area contributed by atoms with Gasteiger partial charge in [0.15, 0.2) is 11.2 Å². The fourth-order valence-corrected chi connectivity index (χ4v) is 4.85. The quantitative estimate of drug-likeness (QED) is 0.669. The van der Waals surface area contributed by atoms with Gasteiger partial charge in [-0.2, -0.15) is 4.57 Å². The topological polar surface area (TPSA) is 96.2 Å². The first-order chi connectivity index (χ1) is 14.5. The molecule has 0 bridgehead atoms. The minimum Gasteiger partial charge on any atom is -0.324 e. The molecule has 3 aromatic heterocycles. The van der Waals surface area contributed by atoms with Crippen molar-refractivity contribution in [2.75, 3.05) is 26.2 Å². The summed E-state index contributed by atoms with van der Waals surface area (Å²) in [6.45, 7) is 7.39. The Labute approximate surface area is 177 Å². The molecule has 30 heavy (non-hydrogen) atoms. The Morgan fingerprint density at radius 1 is 1.27 bits per heavy atom. The molecule has 0 atom stereocenters. The van der Waals surface area contributed by atoms with E-state index in [-0.39, 0.29) is 17.2 Å². The van der Waals surface area contributed by atoms with Gasteiger partial charge in [-0.05, 0) is 38.1 Å². The molecule has 0 aliphatic carbocycles. The third-order valence-corrected chi connectivity index (χ3v) is 6.61. The van der Waals surface area contributed by atoms with Crippen molar-refractivity contribution in [3.05, 3.63) is 49.6 Å². The maximum atomic E-state index is 13.0. The Kier molecular flexibility index (Phi) is 5.87. The smallest absolute Gasteiger partial charge is 0.324 e. The van der Waals surface area contributed by atoms with Crippen LogP contribution in [-0.4, -0.2) is 61.1 Å². The highest BCUT2D eigenvalue weighted by atomic mass is 32.1. The minimum absolute atomic E-state index is 0.0755. The van der Waals surface area contributed by atoms with E-state index in [1.54, 1.807) is 22.6 Å². The summed E-state index contributed by atoms with van der Waals surface area (Å²) in [5, 5.41) is 2.09. The SMILES string of the molecule is CCN(CC)C(=O)n1c(=O)[nH]c(=O)c2ncn(C3CCN(Cc4cccs4)CC3)c21. The van der Waals surface area contributed by atoms with Crippen molar-refractivity contribution in [1.82, 2.24) is 28.9 Å². The number of hydrogen-bond donors (Lipinski definition) is 1. The lowest BCUT2D eigenvalue weighted by Crippen LogP contribution is -2.43. The molecular formula is C20H26N6O3S. The average Bonchev–Trinajstić information content (AvgIpc) is 3.40. The molecule has 4 rings (SSSR count). The van der Waals surface area contributed by atoms with E-state index in [2.05, 4.69) is 32.4 Å². The van der Waals surface area contributed by atoms with Crippen LogP contribution in [-0.2, 0) is 6.54 Å². The van der Waals surface area contributed by atoms with E-state index in [1.807, 2.05) is 18.4 Å². The van der Waals surface area contributed by atoms with E-state index in [4.69, 9.17) is 0 Å². The van der Waals surface area contributed by atoms with E-state index in [1.165, 1.54) is 4.88 Å². The predicted molar refractivity (Wildman–Crippen MR) is 116 cm³/mol. The third kappa shape index (κ3) is 3.72. The van der Waals surface area contributed by atoms with E-state index in [0.717, 1.165) is 37.0 Å². The first kappa shape index (κ1) is 20.5. The van der Waals surface area contributed by atoms with Crippen molar-refractivity contribution in [2.45, 2.75) is 39.3 Å². The van der Waals surface area contributed by atoms with E-state index >= 15 is 0 Å². The number of fused-ring (bicyclic) bond motifs is 1. The van der Waals surface area contributed by atoms with E-state index in [0.29, 0.717) is 13.1 Å². The van der Waals surface area contributed by atoms with Gasteiger partial charge < -0.3 is 9.47 Å². The van der Waals surface area contributed by atoms with Crippen LogP contribution >= 0.6 is 11.3 Å². The van der Waals surface area contributed by atoms with Crippen molar-refractivity contribution in [1.29, 1.82) is 0 Å². The number of nitrogens with one attached hydrogen (secondary N) is 1. The zero-order valence-electron chi connectivity index (χ0n) is 17.2. The maximum Gasteiger partial charge on any atom is 0.338 e. The van der Waals surface area contributed by atoms with Gasteiger partial charge in [-0.25, -0.2) is 14.6 Å². The fraction of sp³-hybridized carbons (Fsp3) is 0.500. The Morgan fingerprint density at radius 3 is 2.63 bits per heavy atom. The number of nitrogens with zero attached hydrogens (tertiary/aromatic N) is 5. The summed E-state index contributed by atoms with van der Waals surface area (Å²) in [5.41, 5.74) is -0.873. The molecule has 1 saturated heterocycles. The Morgan fingerprint density at radius 2 is 2.00 bits per heavy atom. The summed E-state index contributed by atoms with van der Waals surface area (Å²) in [4.78, 5) is 49.8. The molecule has 1 fully saturated rings. The van der Waals surface area contributed by atoms with Crippen molar-refractivity contribution < 1.29 is 4.79 Å². The van der Waals surface area contributed by atoms with Gasteiger partial charge in [-0.1, -0.05) is 6.07 Å². The summed E-state index contributed by atoms with van der Waals surface area (Å²) in [7, 11) is 0. The van der Waals surface area contributed by atoms with E-state index in [9.17, 15) is 14.4 Å². The van der Waals surface area contributed by atoms with Gasteiger partial charge in [0, 0.05) is 43.6 Å². The number of amides is 1. The number of hydrogen-bond acceptors (Lipinski definition) is 6. The van der Waals surface area contributed by atoms with Crippen LogP contribution in [0.2, 0.25) is 0 Å². The Balaban J connectivity index is 1.66. The lowest BCUT2D eigenvalue weighted by Gasteiger charge is -2.32. The summed E-state index contributed by atoms with van der Waals surface area (Å²) in [6, 6.07) is 3.84. The number of imidazole rings is 1. The number of aromatic nitrogens is 4. The largest absolute Gasteiger partial charge is 0.338 e. The molecule has 9 nitrogen and oxygen atoms in total. The predicted octanol–water partition coefficient (Wildman–Crippen LogP) is 2.09. The minimum atomic E-state index is -0.721. The van der Waals surface area contributed by atoms with Gasteiger partial charge in [0.2, 0.25) is 0 Å². The van der Waals surface area contributed by atoms with Crippen molar-refractivity contribution >= 4 is 28.5 Å². The molecule has 0 radical (unpaired) electrons. The van der Waals surface area contributed by atoms with Crippen molar-refractivity contribution in [3.63, 3.8) is 0 Å². The third-order valence-electron chi connectivity index (χ3n) is 5.75. The van der Waals surface area contributed by atoms with E-state index < -0.39 is 17.3 Å². The standard InChI is InChI=1S/C20H26N6O3S/c1-3-24(4-2)20(29)26-18-16(17(27)22-19(26)28)21-13-25(18)14-7-9-23(10-8-14)12-15-6-5-11-30-15/h5-6,11,13-14H,3-4,7-10,12H2,1-2H3,(H,22,27,28). The van der Waals surface area contributed by atoms with Gasteiger partial charge in [0.25, 0.3) is 5.56 Å². The summed E-state index contributed by atoms with van der Waals surface area (Å²) in [6.07, 6.45) is 3.31. The maximum absolute atomic E-state index is 13.0. The highest BCUT2D eigenvalue weighted by Gasteiger charge is 2.27. The number of thiophene rings is 1. The lowest BCUT2D eigenvalue weighted by molar-refractivity contribution is 0.181. The number of H-pyrrole nitrogens is 1. The van der Waals surface area contributed by atoms with Crippen LogP contribution in [0.15, 0.2) is 33.4 Å². The average molecular weight is 431 g/mol. The van der Waals surface area contributed by atoms with Gasteiger partial charge >= 0.3 is 11.7 Å². The molecule has 1 N–H and O–H groups in total. The molecule has 0 unspecified atom stereocenters. The number of aromatic amines is 1. The van der Waals surface area contributed by atoms with Crippen LogP contribution in [0.25, 0.3) is 11.2 Å². The molecule has 3 aromatic rings. The normalized spacial score (nSPS) is 15.7. The fourth-order valence-electron chi connectivity index (χ4n) is 4.10. The molecule has 1 aliphatic rings. The number of carbonyl (C=O) groups excluding carboxylic acids is 1. The second-order valence-corrected chi connectivity index (χ2v) is 8.49. The van der Waals surface area contributed by atoms with Crippen LogP contribution in [0.1, 0.15) is 37.6 Å². The second kappa shape index (κ2) is 8.57. The molecule has 4 heterocycles. The first-order valence-corrected chi connectivity index (χ1v) is 11.2. The van der Waals surface area contributed by atoms with Gasteiger partial charge in [0.05, 0.1) is 6.33 Å². The highest BCUT2D eigenvalue weighted by Crippen LogP contribution is 2.27. The first-order valence-electron chi connectivity index (χ1n) is 10.3. The van der Waals surface area contributed by atoms with Crippen LogP contribution in [0.5, 0.6) is 0 Å². The van der Waals surface area contributed by atoms with Crippen molar-refractivity contribution in [2.24, 2.45) is 0 Å². The molecule has 0 saturated carbocycles. The number of rotatable bonds is 5. The molecule has 0 spiro atoms. The van der Waals surface area contributed by atoms with Crippen LogP contribution in [0.3, 0.4) is 0 Å².